The molecule has 3 aromatic rings. The first-order chi connectivity index (χ1) is 14.6. The van der Waals surface area contributed by atoms with Crippen molar-refractivity contribution in [2.75, 3.05) is 19.5 Å². The highest BCUT2D eigenvalue weighted by molar-refractivity contribution is 6.32. The summed E-state index contributed by atoms with van der Waals surface area (Å²) in [6.45, 7) is 2.58. The third-order valence-corrected chi connectivity index (χ3v) is 5.75. The maximum absolute atomic E-state index is 13.4. The molecule has 4 rings (SSSR count). The molecule has 156 valence electrons. The molecule has 6 nitrogen and oxygen atoms in total. The summed E-state index contributed by atoms with van der Waals surface area (Å²) in [5.41, 5.74) is 3.76. The number of methoxy groups -OCH3 is 2. The number of carbonyl (C=O) groups excluding carboxylic acids is 1. The van der Waals surface area contributed by atoms with Gasteiger partial charge in [-0.2, -0.15) is 0 Å². The zero-order valence-electron chi connectivity index (χ0n) is 17.2. The average Bonchev–Trinajstić information content (AvgIpc) is 3.18. The van der Waals surface area contributed by atoms with Crippen LogP contribution in [0.4, 0.5) is 10.5 Å². The second kappa shape index (κ2) is 8.32. The Bertz CT molecular complexity index is 1080. The van der Waals surface area contributed by atoms with Gasteiger partial charge in [-0.15, -0.1) is 0 Å². The molecule has 0 saturated heterocycles. The van der Waals surface area contributed by atoms with Gasteiger partial charge in [-0.1, -0.05) is 36.7 Å². The lowest BCUT2D eigenvalue weighted by Crippen LogP contribution is -2.37. The third-order valence-electron chi connectivity index (χ3n) is 5.45. The van der Waals surface area contributed by atoms with E-state index in [1.54, 1.807) is 19.2 Å². The van der Waals surface area contributed by atoms with Crippen LogP contribution in [0.15, 0.2) is 54.7 Å². The number of halogens is 1. The van der Waals surface area contributed by atoms with Gasteiger partial charge in [-0.25, -0.2) is 4.79 Å². The second-order valence-corrected chi connectivity index (χ2v) is 7.51. The minimum absolute atomic E-state index is 0.0767. The molecule has 2 aromatic carbocycles. The van der Waals surface area contributed by atoms with Crippen LogP contribution in [0.5, 0.6) is 11.5 Å². The molecule has 0 radical (unpaired) electrons. The molecule has 1 atom stereocenters. The molecule has 0 fully saturated rings. The van der Waals surface area contributed by atoms with Gasteiger partial charge in [-0.3, -0.25) is 0 Å². The SMILES string of the molecule is CCC1c2cccn2-c2ccccc2CN1C(=O)Nc1cc(Cl)c(OC)cc1OC. The first-order valence-corrected chi connectivity index (χ1v) is 10.2. The molecular formula is C23H24ClN3O3. The number of nitrogens with zero attached hydrogens (tertiary/aromatic N) is 2. The fourth-order valence-corrected chi connectivity index (χ4v) is 4.25. The van der Waals surface area contributed by atoms with Crippen molar-refractivity contribution >= 4 is 23.3 Å². The Morgan fingerprint density at radius 2 is 1.90 bits per heavy atom. The van der Waals surface area contributed by atoms with Crippen molar-refractivity contribution in [3.63, 3.8) is 0 Å². The summed E-state index contributed by atoms with van der Waals surface area (Å²) >= 11 is 6.28. The zero-order valence-corrected chi connectivity index (χ0v) is 17.9. The van der Waals surface area contributed by atoms with E-state index in [0.717, 1.165) is 23.4 Å². The van der Waals surface area contributed by atoms with Gasteiger partial charge >= 0.3 is 6.03 Å². The van der Waals surface area contributed by atoms with E-state index in [4.69, 9.17) is 21.1 Å². The molecule has 1 N–H and O–H groups in total. The maximum Gasteiger partial charge on any atom is 0.322 e. The van der Waals surface area contributed by atoms with Crippen molar-refractivity contribution in [3.8, 4) is 17.2 Å². The molecule has 0 spiro atoms. The van der Waals surface area contributed by atoms with Crippen LogP contribution in [-0.2, 0) is 6.54 Å². The van der Waals surface area contributed by atoms with E-state index in [9.17, 15) is 4.79 Å². The van der Waals surface area contributed by atoms with E-state index < -0.39 is 0 Å². The fourth-order valence-electron chi connectivity index (χ4n) is 4.01. The lowest BCUT2D eigenvalue weighted by Gasteiger charge is -2.30. The number of para-hydroxylation sites is 1. The highest BCUT2D eigenvalue weighted by Crippen LogP contribution is 2.38. The quantitative estimate of drug-likeness (QED) is 0.587. The first kappa shape index (κ1) is 20.2. The van der Waals surface area contributed by atoms with E-state index in [0.29, 0.717) is 28.8 Å². The van der Waals surface area contributed by atoms with Crippen molar-refractivity contribution in [1.82, 2.24) is 9.47 Å². The lowest BCUT2D eigenvalue weighted by molar-refractivity contribution is 0.181. The van der Waals surface area contributed by atoms with Gasteiger partial charge in [0.15, 0.2) is 0 Å². The zero-order chi connectivity index (χ0) is 21.3. The monoisotopic (exact) mass is 425 g/mol. The Balaban J connectivity index is 1.72. The Morgan fingerprint density at radius 1 is 1.13 bits per heavy atom. The number of ether oxygens (including phenoxy) is 2. The molecule has 1 aliphatic heterocycles. The minimum Gasteiger partial charge on any atom is -0.495 e. The molecule has 1 aliphatic rings. The van der Waals surface area contributed by atoms with Crippen LogP contribution in [0.1, 0.15) is 30.6 Å². The van der Waals surface area contributed by atoms with Crippen LogP contribution in [0, 0.1) is 0 Å². The Labute approximate surface area is 181 Å². The van der Waals surface area contributed by atoms with Crippen LogP contribution in [0.3, 0.4) is 0 Å². The van der Waals surface area contributed by atoms with E-state index in [1.165, 1.54) is 7.11 Å². The molecule has 30 heavy (non-hydrogen) atoms. The topological polar surface area (TPSA) is 55.7 Å². The summed E-state index contributed by atoms with van der Waals surface area (Å²) in [6.07, 6.45) is 2.83. The normalized spacial score (nSPS) is 15.1. The molecule has 7 heteroatoms. The number of nitrogens with one attached hydrogen (secondary N) is 1. The average molecular weight is 426 g/mol. The number of aromatic nitrogens is 1. The van der Waals surface area contributed by atoms with Gasteiger partial charge in [0.25, 0.3) is 0 Å². The minimum atomic E-state index is -0.217. The Morgan fingerprint density at radius 3 is 2.63 bits per heavy atom. The van der Waals surface area contributed by atoms with Crippen molar-refractivity contribution in [1.29, 1.82) is 0 Å². The molecule has 1 aromatic heterocycles. The van der Waals surface area contributed by atoms with Crippen molar-refractivity contribution in [2.45, 2.75) is 25.9 Å². The summed E-state index contributed by atoms with van der Waals surface area (Å²) in [5, 5.41) is 3.38. The van der Waals surface area contributed by atoms with E-state index in [2.05, 4.69) is 35.0 Å². The van der Waals surface area contributed by atoms with Gasteiger partial charge in [0.1, 0.15) is 11.5 Å². The summed E-state index contributed by atoms with van der Waals surface area (Å²) in [7, 11) is 3.08. The number of carbonyl (C=O) groups is 1. The Kier molecular flexibility index (Phi) is 5.59. The second-order valence-electron chi connectivity index (χ2n) is 7.10. The number of benzene rings is 2. The summed E-state index contributed by atoms with van der Waals surface area (Å²) < 4.78 is 12.8. The molecule has 0 bridgehead atoms. The first-order valence-electron chi connectivity index (χ1n) is 9.82. The molecule has 0 aliphatic carbocycles. The van der Waals surface area contributed by atoms with Crippen molar-refractivity contribution in [2.24, 2.45) is 0 Å². The van der Waals surface area contributed by atoms with Crippen LogP contribution in [0.2, 0.25) is 5.02 Å². The molecule has 2 amide bonds. The van der Waals surface area contributed by atoms with Gasteiger partial charge in [0.2, 0.25) is 0 Å². The predicted octanol–water partition coefficient (Wildman–Crippen LogP) is 5.65. The number of hydrogen-bond acceptors (Lipinski definition) is 3. The molecule has 2 heterocycles. The van der Waals surface area contributed by atoms with Gasteiger partial charge in [0, 0.05) is 18.0 Å². The van der Waals surface area contributed by atoms with E-state index in [-0.39, 0.29) is 12.1 Å². The summed E-state index contributed by atoms with van der Waals surface area (Å²) in [5.74, 6) is 0.968. The molecule has 1 unspecified atom stereocenters. The maximum atomic E-state index is 13.4. The summed E-state index contributed by atoms with van der Waals surface area (Å²) in [4.78, 5) is 15.3. The van der Waals surface area contributed by atoms with Crippen molar-refractivity contribution in [3.05, 3.63) is 71.0 Å². The van der Waals surface area contributed by atoms with Crippen LogP contribution >= 0.6 is 11.6 Å². The number of hydrogen-bond donors (Lipinski definition) is 1. The number of anilines is 1. The predicted molar refractivity (Wildman–Crippen MR) is 118 cm³/mol. The van der Waals surface area contributed by atoms with E-state index >= 15 is 0 Å². The van der Waals surface area contributed by atoms with Gasteiger partial charge in [-0.05, 0) is 36.2 Å². The lowest BCUT2D eigenvalue weighted by atomic mass is 10.1. The number of fused-ring (bicyclic) bond motifs is 3. The van der Waals surface area contributed by atoms with E-state index in [1.807, 2.05) is 29.3 Å². The highest BCUT2D eigenvalue weighted by atomic mass is 35.5. The largest absolute Gasteiger partial charge is 0.495 e. The van der Waals surface area contributed by atoms with Crippen LogP contribution in [0.25, 0.3) is 5.69 Å². The summed E-state index contributed by atoms with van der Waals surface area (Å²) in [6, 6.07) is 15.3. The van der Waals surface area contributed by atoms with Crippen molar-refractivity contribution < 1.29 is 14.3 Å². The number of rotatable bonds is 4. The number of amides is 2. The smallest absolute Gasteiger partial charge is 0.322 e. The molecule has 0 saturated carbocycles. The Hall–Kier alpha value is -3.12. The fraction of sp³-hybridized carbons (Fsp3) is 0.261. The van der Waals surface area contributed by atoms with Crippen LogP contribution < -0.4 is 14.8 Å². The van der Waals surface area contributed by atoms with Gasteiger partial charge < -0.3 is 24.3 Å². The van der Waals surface area contributed by atoms with Crippen LogP contribution in [-0.4, -0.2) is 29.7 Å². The highest BCUT2D eigenvalue weighted by Gasteiger charge is 2.31. The third kappa shape index (κ3) is 3.48. The van der Waals surface area contributed by atoms with Gasteiger partial charge in [0.05, 0.1) is 43.2 Å². The standard InChI is InChI=1S/C23H24ClN3O3/c1-4-18-20-10-7-11-26(20)19-9-6-5-8-15(19)14-27(18)23(28)25-17-12-16(24)21(29-2)13-22(17)30-3/h5-13,18H,4,14H2,1-3H3,(H,25,28). The molecular weight excluding hydrogens is 402 g/mol. The number of urea groups is 1.